The summed E-state index contributed by atoms with van der Waals surface area (Å²) >= 11 is 6.16. The molecule has 0 bridgehead atoms. The number of rotatable bonds is 2. The van der Waals surface area contributed by atoms with Crippen LogP contribution in [-0.2, 0) is 0 Å². The summed E-state index contributed by atoms with van der Waals surface area (Å²) in [6.45, 7) is 0. The lowest BCUT2D eigenvalue weighted by molar-refractivity contribution is 0.102. The molecule has 1 N–H and O–H groups in total. The average Bonchev–Trinajstić information content (AvgIpc) is 2.48. The highest BCUT2D eigenvalue weighted by molar-refractivity contribution is 6.35. The van der Waals surface area contributed by atoms with Crippen molar-refractivity contribution < 1.29 is 4.79 Å². The first kappa shape index (κ1) is 12.5. The molecular formula is C14H9ClN4O. The van der Waals surface area contributed by atoms with Crippen LogP contribution in [0.2, 0.25) is 5.02 Å². The molecule has 6 heteroatoms. The van der Waals surface area contributed by atoms with Gasteiger partial charge in [0.2, 0.25) is 5.95 Å². The van der Waals surface area contributed by atoms with Gasteiger partial charge in [0.15, 0.2) is 0 Å². The largest absolute Gasteiger partial charge is 0.289 e. The maximum atomic E-state index is 12.1. The van der Waals surface area contributed by atoms with E-state index in [2.05, 4.69) is 20.3 Å². The maximum absolute atomic E-state index is 12.1. The summed E-state index contributed by atoms with van der Waals surface area (Å²) in [4.78, 5) is 24.2. The quantitative estimate of drug-likeness (QED) is 0.785. The minimum Gasteiger partial charge on any atom is -0.289 e. The second-order valence-electron chi connectivity index (χ2n) is 4.03. The van der Waals surface area contributed by atoms with E-state index in [1.165, 1.54) is 6.07 Å². The molecule has 0 atom stereocenters. The molecular weight excluding hydrogens is 276 g/mol. The molecule has 1 amide bonds. The molecule has 0 aliphatic heterocycles. The highest BCUT2D eigenvalue weighted by Gasteiger charge is 2.12. The van der Waals surface area contributed by atoms with Crippen LogP contribution in [0.5, 0.6) is 0 Å². The molecule has 0 aliphatic carbocycles. The number of nitrogens with one attached hydrogen (secondary N) is 1. The Kier molecular flexibility index (Phi) is 3.26. The predicted octanol–water partition coefficient (Wildman–Crippen LogP) is 2.93. The van der Waals surface area contributed by atoms with Crippen LogP contribution in [0.4, 0.5) is 5.95 Å². The maximum Gasteiger partial charge on any atom is 0.276 e. The predicted molar refractivity (Wildman–Crippen MR) is 76.7 cm³/mol. The van der Waals surface area contributed by atoms with Crippen molar-refractivity contribution in [2.75, 3.05) is 5.32 Å². The topological polar surface area (TPSA) is 67.8 Å². The number of amides is 1. The molecule has 0 aliphatic rings. The summed E-state index contributed by atoms with van der Waals surface area (Å²) < 4.78 is 0. The average molecular weight is 285 g/mol. The lowest BCUT2D eigenvalue weighted by Crippen LogP contribution is -2.15. The number of pyridine rings is 1. The smallest absolute Gasteiger partial charge is 0.276 e. The fraction of sp³-hybridized carbons (Fsp3) is 0. The molecule has 3 aromatic rings. The van der Waals surface area contributed by atoms with Gasteiger partial charge in [0.1, 0.15) is 5.69 Å². The molecule has 0 saturated heterocycles. The van der Waals surface area contributed by atoms with Crippen LogP contribution in [0, 0.1) is 0 Å². The SMILES string of the molecule is O=C(Nc1ncccn1)c1cc(Cl)c2ccccc2n1. The van der Waals surface area contributed by atoms with E-state index in [9.17, 15) is 4.79 Å². The van der Waals surface area contributed by atoms with Gasteiger partial charge in [-0.2, -0.15) is 0 Å². The molecule has 0 spiro atoms. The first-order valence-electron chi connectivity index (χ1n) is 5.88. The zero-order valence-corrected chi connectivity index (χ0v) is 11.0. The molecule has 5 nitrogen and oxygen atoms in total. The van der Waals surface area contributed by atoms with E-state index in [0.717, 1.165) is 5.39 Å². The Morgan fingerprint density at radius 2 is 1.85 bits per heavy atom. The second kappa shape index (κ2) is 5.22. The molecule has 0 radical (unpaired) electrons. The van der Waals surface area contributed by atoms with Gasteiger partial charge < -0.3 is 0 Å². The van der Waals surface area contributed by atoms with Crippen molar-refractivity contribution in [3.8, 4) is 0 Å². The molecule has 98 valence electrons. The van der Waals surface area contributed by atoms with Crippen LogP contribution in [0.3, 0.4) is 0 Å². The van der Waals surface area contributed by atoms with E-state index in [-0.39, 0.29) is 11.6 Å². The Balaban J connectivity index is 1.96. The number of para-hydroxylation sites is 1. The highest BCUT2D eigenvalue weighted by Crippen LogP contribution is 2.22. The number of halogens is 1. The number of benzene rings is 1. The number of carbonyl (C=O) groups excluding carboxylic acids is 1. The number of aromatic nitrogens is 3. The third-order valence-corrected chi connectivity index (χ3v) is 3.00. The summed E-state index contributed by atoms with van der Waals surface area (Å²) in [5.74, 6) is -0.174. The molecule has 2 heterocycles. The first-order valence-corrected chi connectivity index (χ1v) is 6.25. The Labute approximate surface area is 119 Å². The molecule has 3 rings (SSSR count). The molecule has 20 heavy (non-hydrogen) atoms. The van der Waals surface area contributed by atoms with Crippen molar-refractivity contribution >= 4 is 34.4 Å². The van der Waals surface area contributed by atoms with Crippen molar-refractivity contribution in [3.05, 3.63) is 59.5 Å². The van der Waals surface area contributed by atoms with Crippen LogP contribution in [0.25, 0.3) is 10.9 Å². The van der Waals surface area contributed by atoms with Crippen LogP contribution in [0.1, 0.15) is 10.5 Å². The minimum absolute atomic E-state index is 0.223. The first-order chi connectivity index (χ1) is 9.74. The van der Waals surface area contributed by atoms with E-state index in [1.807, 2.05) is 18.2 Å². The van der Waals surface area contributed by atoms with Gasteiger partial charge in [-0.15, -0.1) is 0 Å². The van der Waals surface area contributed by atoms with Crippen LogP contribution in [-0.4, -0.2) is 20.9 Å². The van der Waals surface area contributed by atoms with Gasteiger partial charge >= 0.3 is 0 Å². The van der Waals surface area contributed by atoms with Crippen LogP contribution in [0.15, 0.2) is 48.8 Å². The van der Waals surface area contributed by atoms with E-state index in [1.54, 1.807) is 24.5 Å². The Hall–Kier alpha value is -2.53. The van der Waals surface area contributed by atoms with Crippen molar-refractivity contribution in [2.24, 2.45) is 0 Å². The third-order valence-electron chi connectivity index (χ3n) is 2.69. The summed E-state index contributed by atoms with van der Waals surface area (Å²) in [7, 11) is 0. The molecule has 0 fully saturated rings. The van der Waals surface area contributed by atoms with Crippen LogP contribution < -0.4 is 5.32 Å². The number of hydrogen-bond acceptors (Lipinski definition) is 4. The van der Waals surface area contributed by atoms with E-state index in [4.69, 9.17) is 11.6 Å². The Morgan fingerprint density at radius 3 is 2.65 bits per heavy atom. The third kappa shape index (κ3) is 2.44. The normalized spacial score (nSPS) is 10.4. The molecule has 0 saturated carbocycles. The van der Waals surface area contributed by atoms with Crippen LogP contribution >= 0.6 is 11.6 Å². The molecule has 0 unspecified atom stereocenters. The number of hydrogen-bond donors (Lipinski definition) is 1. The zero-order chi connectivity index (χ0) is 13.9. The van der Waals surface area contributed by atoms with E-state index < -0.39 is 5.91 Å². The highest BCUT2D eigenvalue weighted by atomic mass is 35.5. The molecule has 2 aromatic heterocycles. The monoisotopic (exact) mass is 284 g/mol. The van der Waals surface area contributed by atoms with Crippen molar-refractivity contribution in [3.63, 3.8) is 0 Å². The Morgan fingerprint density at radius 1 is 1.10 bits per heavy atom. The number of nitrogens with zero attached hydrogens (tertiary/aromatic N) is 3. The summed E-state index contributed by atoms with van der Waals surface area (Å²) in [6, 6.07) is 10.6. The van der Waals surface area contributed by atoms with Gasteiger partial charge in [-0.3, -0.25) is 10.1 Å². The number of fused-ring (bicyclic) bond motifs is 1. The van der Waals surface area contributed by atoms with Crippen molar-refractivity contribution in [1.82, 2.24) is 15.0 Å². The Bertz CT molecular complexity index is 776. The second-order valence-corrected chi connectivity index (χ2v) is 4.44. The lowest BCUT2D eigenvalue weighted by Gasteiger charge is -2.05. The number of carbonyl (C=O) groups is 1. The minimum atomic E-state index is -0.399. The number of anilines is 1. The summed E-state index contributed by atoms with van der Waals surface area (Å²) in [5, 5.41) is 3.86. The summed E-state index contributed by atoms with van der Waals surface area (Å²) in [6.07, 6.45) is 3.09. The van der Waals surface area contributed by atoms with Crippen molar-refractivity contribution in [2.45, 2.75) is 0 Å². The van der Waals surface area contributed by atoms with Gasteiger partial charge in [0.05, 0.1) is 10.5 Å². The summed E-state index contributed by atoms with van der Waals surface area (Å²) in [5.41, 5.74) is 0.889. The van der Waals surface area contributed by atoms with Gasteiger partial charge in [-0.25, -0.2) is 15.0 Å². The van der Waals surface area contributed by atoms with E-state index in [0.29, 0.717) is 10.5 Å². The fourth-order valence-electron chi connectivity index (χ4n) is 1.78. The lowest BCUT2D eigenvalue weighted by atomic mass is 10.2. The molecule has 1 aromatic carbocycles. The zero-order valence-electron chi connectivity index (χ0n) is 10.2. The standard InChI is InChI=1S/C14H9ClN4O/c15-10-8-12(18-11-5-2-1-4-9(10)11)13(20)19-14-16-6-3-7-17-14/h1-8H,(H,16,17,19,20). The van der Waals surface area contributed by atoms with Gasteiger partial charge in [0.25, 0.3) is 5.91 Å². The van der Waals surface area contributed by atoms with E-state index >= 15 is 0 Å². The fourth-order valence-corrected chi connectivity index (χ4v) is 2.04. The van der Waals surface area contributed by atoms with Gasteiger partial charge in [-0.1, -0.05) is 29.8 Å². The van der Waals surface area contributed by atoms with Gasteiger partial charge in [-0.05, 0) is 18.2 Å². The van der Waals surface area contributed by atoms with Gasteiger partial charge in [0, 0.05) is 17.8 Å². The van der Waals surface area contributed by atoms with Crippen molar-refractivity contribution in [1.29, 1.82) is 0 Å².